The molecule has 22 heavy (non-hydrogen) atoms. The van der Waals surface area contributed by atoms with E-state index in [1.807, 2.05) is 38.2 Å². The summed E-state index contributed by atoms with van der Waals surface area (Å²) in [7, 11) is 1.83. The van der Waals surface area contributed by atoms with Crippen molar-refractivity contribution < 1.29 is 9.32 Å². The summed E-state index contributed by atoms with van der Waals surface area (Å²) in [5.41, 5.74) is 1.39. The predicted molar refractivity (Wildman–Crippen MR) is 84.7 cm³/mol. The lowest BCUT2D eigenvalue weighted by molar-refractivity contribution is -0.141. The second-order valence-electron chi connectivity index (χ2n) is 5.96. The first kappa shape index (κ1) is 15.1. The van der Waals surface area contributed by atoms with E-state index >= 15 is 0 Å². The van der Waals surface area contributed by atoms with Crippen molar-refractivity contribution >= 4 is 17.5 Å². The lowest BCUT2D eigenvalue weighted by atomic mass is 9.63. The van der Waals surface area contributed by atoms with Gasteiger partial charge in [-0.1, -0.05) is 35.3 Å². The number of nitrogens with zero attached hydrogens (tertiary/aromatic N) is 2. The van der Waals surface area contributed by atoms with E-state index in [2.05, 4.69) is 5.16 Å². The molecule has 5 heteroatoms. The number of benzene rings is 1. The van der Waals surface area contributed by atoms with Gasteiger partial charge in [-0.05, 0) is 37.5 Å². The van der Waals surface area contributed by atoms with Gasteiger partial charge in [-0.3, -0.25) is 4.79 Å². The Balaban J connectivity index is 1.87. The second-order valence-corrected chi connectivity index (χ2v) is 6.40. The molecule has 3 rings (SSSR count). The summed E-state index contributed by atoms with van der Waals surface area (Å²) in [4.78, 5) is 14.9. The highest BCUT2D eigenvalue weighted by Crippen LogP contribution is 2.46. The van der Waals surface area contributed by atoms with Gasteiger partial charge >= 0.3 is 0 Å². The molecule has 0 spiro atoms. The number of hydrogen-bond acceptors (Lipinski definition) is 3. The minimum absolute atomic E-state index is 0.115. The minimum Gasteiger partial charge on any atom is -0.364 e. The van der Waals surface area contributed by atoms with E-state index in [9.17, 15) is 4.79 Å². The Bertz CT molecular complexity index is 648. The molecule has 0 radical (unpaired) electrons. The van der Waals surface area contributed by atoms with E-state index in [1.54, 1.807) is 11.0 Å². The number of amides is 1. The van der Waals surface area contributed by atoms with Crippen molar-refractivity contribution in [2.75, 3.05) is 7.05 Å². The molecule has 0 saturated heterocycles. The van der Waals surface area contributed by atoms with Crippen LogP contribution in [0.5, 0.6) is 0 Å². The Kier molecular flexibility index (Phi) is 3.96. The zero-order valence-corrected chi connectivity index (χ0v) is 13.5. The van der Waals surface area contributed by atoms with Gasteiger partial charge in [-0.25, -0.2) is 0 Å². The quantitative estimate of drug-likeness (QED) is 0.857. The van der Waals surface area contributed by atoms with Crippen LogP contribution in [0.4, 0.5) is 0 Å². The summed E-state index contributed by atoms with van der Waals surface area (Å²) in [6.45, 7) is 1.96. The van der Waals surface area contributed by atoms with Gasteiger partial charge in [0.2, 0.25) is 5.91 Å². The standard InChI is InChI=1S/C17H19ClN2O2/c1-12(15-8-11-22-19-15)20(2)16(21)17(9-3-10-17)13-4-6-14(18)7-5-13/h4-8,11-12H,3,9-10H2,1-2H3. The predicted octanol–water partition coefficient (Wildman–Crippen LogP) is 3.97. The third kappa shape index (κ3) is 2.41. The maximum absolute atomic E-state index is 13.1. The molecule has 1 aliphatic carbocycles. The lowest BCUT2D eigenvalue weighted by Crippen LogP contribution is -2.50. The minimum atomic E-state index is -0.419. The molecule has 4 nitrogen and oxygen atoms in total. The summed E-state index contributed by atoms with van der Waals surface area (Å²) in [6.07, 6.45) is 4.36. The van der Waals surface area contributed by atoms with Crippen molar-refractivity contribution in [3.8, 4) is 0 Å². The zero-order valence-electron chi connectivity index (χ0n) is 12.8. The SMILES string of the molecule is CC(c1ccon1)N(C)C(=O)C1(c2ccc(Cl)cc2)CCC1. The summed E-state index contributed by atoms with van der Waals surface area (Å²) < 4.78 is 4.89. The number of aromatic nitrogens is 1. The van der Waals surface area contributed by atoms with Crippen molar-refractivity contribution in [2.24, 2.45) is 0 Å². The zero-order chi connectivity index (χ0) is 15.7. The largest absolute Gasteiger partial charge is 0.364 e. The Morgan fingerprint density at radius 3 is 2.50 bits per heavy atom. The van der Waals surface area contributed by atoms with E-state index in [0.717, 1.165) is 30.5 Å². The molecular formula is C17H19ClN2O2. The maximum Gasteiger partial charge on any atom is 0.233 e. The van der Waals surface area contributed by atoms with Crippen LogP contribution >= 0.6 is 11.6 Å². The lowest BCUT2D eigenvalue weighted by Gasteiger charge is -2.44. The number of halogens is 1. The first-order chi connectivity index (χ1) is 10.5. The highest BCUT2D eigenvalue weighted by atomic mass is 35.5. The number of carbonyl (C=O) groups is 1. The molecule has 1 fully saturated rings. The first-order valence-electron chi connectivity index (χ1n) is 7.48. The summed E-state index contributed by atoms with van der Waals surface area (Å²) in [5.74, 6) is 0.136. The highest BCUT2D eigenvalue weighted by Gasteiger charge is 2.47. The van der Waals surface area contributed by atoms with Gasteiger partial charge in [0.25, 0.3) is 0 Å². The monoisotopic (exact) mass is 318 g/mol. The van der Waals surface area contributed by atoms with Crippen molar-refractivity contribution in [3.63, 3.8) is 0 Å². The Hall–Kier alpha value is -1.81. The van der Waals surface area contributed by atoms with Crippen LogP contribution < -0.4 is 0 Å². The van der Waals surface area contributed by atoms with Crippen LogP contribution in [0.1, 0.15) is 43.5 Å². The summed E-state index contributed by atoms with van der Waals surface area (Å²) in [6, 6.07) is 9.32. The summed E-state index contributed by atoms with van der Waals surface area (Å²) in [5, 5.41) is 4.63. The molecule has 1 saturated carbocycles. The topological polar surface area (TPSA) is 46.3 Å². The van der Waals surface area contributed by atoms with Crippen LogP contribution in [0.15, 0.2) is 41.1 Å². The number of likely N-dealkylation sites (N-methyl/N-ethyl adjacent to an activating group) is 1. The number of hydrogen-bond donors (Lipinski definition) is 0. The molecule has 1 unspecified atom stereocenters. The van der Waals surface area contributed by atoms with Gasteiger partial charge in [-0.15, -0.1) is 0 Å². The molecule has 0 N–H and O–H groups in total. The molecule has 1 atom stereocenters. The normalized spacial score (nSPS) is 17.6. The third-order valence-corrected chi connectivity index (χ3v) is 5.05. The molecule has 1 amide bonds. The molecule has 0 bridgehead atoms. The molecule has 2 aromatic rings. The van der Waals surface area contributed by atoms with Crippen LogP contribution in [0.3, 0.4) is 0 Å². The Labute approximate surface area is 135 Å². The second kappa shape index (κ2) is 5.76. The average Bonchev–Trinajstić information content (AvgIpc) is 3.00. The number of rotatable bonds is 4. The highest BCUT2D eigenvalue weighted by molar-refractivity contribution is 6.30. The van der Waals surface area contributed by atoms with E-state index < -0.39 is 5.41 Å². The molecule has 116 valence electrons. The fraction of sp³-hybridized carbons (Fsp3) is 0.412. The molecule has 1 aromatic carbocycles. The van der Waals surface area contributed by atoms with E-state index in [1.165, 1.54) is 6.26 Å². The van der Waals surface area contributed by atoms with Gasteiger partial charge < -0.3 is 9.42 Å². The van der Waals surface area contributed by atoms with Gasteiger partial charge in [0, 0.05) is 18.1 Å². The summed E-state index contributed by atoms with van der Waals surface area (Å²) >= 11 is 5.97. The Morgan fingerprint density at radius 2 is 2.00 bits per heavy atom. The van der Waals surface area contributed by atoms with Gasteiger partial charge in [0.05, 0.1) is 11.5 Å². The maximum atomic E-state index is 13.1. The van der Waals surface area contributed by atoms with Crippen molar-refractivity contribution in [3.05, 3.63) is 52.9 Å². The first-order valence-corrected chi connectivity index (χ1v) is 7.86. The van der Waals surface area contributed by atoms with Gasteiger partial charge in [0.15, 0.2) is 0 Å². The molecule has 1 heterocycles. The third-order valence-electron chi connectivity index (χ3n) is 4.80. The van der Waals surface area contributed by atoms with Crippen molar-refractivity contribution in [1.82, 2.24) is 10.1 Å². The smallest absolute Gasteiger partial charge is 0.233 e. The van der Waals surface area contributed by atoms with Crippen LogP contribution in [0.2, 0.25) is 5.02 Å². The molecular weight excluding hydrogens is 300 g/mol. The fourth-order valence-corrected chi connectivity index (χ4v) is 3.20. The fourth-order valence-electron chi connectivity index (χ4n) is 3.07. The van der Waals surface area contributed by atoms with Gasteiger partial charge in [-0.2, -0.15) is 0 Å². The van der Waals surface area contributed by atoms with Crippen LogP contribution in [-0.2, 0) is 10.2 Å². The number of carbonyl (C=O) groups excluding carboxylic acids is 1. The van der Waals surface area contributed by atoms with Crippen molar-refractivity contribution in [2.45, 2.75) is 37.6 Å². The van der Waals surface area contributed by atoms with E-state index in [0.29, 0.717) is 5.02 Å². The average molecular weight is 319 g/mol. The molecule has 1 aliphatic rings. The molecule has 1 aromatic heterocycles. The van der Waals surface area contributed by atoms with Gasteiger partial charge in [0.1, 0.15) is 12.0 Å². The Morgan fingerprint density at radius 1 is 1.32 bits per heavy atom. The van der Waals surface area contributed by atoms with Crippen LogP contribution in [-0.4, -0.2) is 23.0 Å². The van der Waals surface area contributed by atoms with Crippen LogP contribution in [0.25, 0.3) is 0 Å². The molecule has 0 aliphatic heterocycles. The van der Waals surface area contributed by atoms with E-state index in [4.69, 9.17) is 16.1 Å². The van der Waals surface area contributed by atoms with E-state index in [-0.39, 0.29) is 11.9 Å². The van der Waals surface area contributed by atoms with Crippen molar-refractivity contribution in [1.29, 1.82) is 0 Å². The van der Waals surface area contributed by atoms with Crippen LogP contribution in [0, 0.1) is 0 Å².